The highest BCUT2D eigenvalue weighted by molar-refractivity contribution is 14.0. The normalized spacial score (nSPS) is 19.2. The van der Waals surface area contributed by atoms with E-state index in [0.717, 1.165) is 56.7 Å². The molecule has 0 atom stereocenters. The van der Waals surface area contributed by atoms with Gasteiger partial charge in [-0.1, -0.05) is 12.8 Å². The van der Waals surface area contributed by atoms with Crippen LogP contribution in [0, 0.1) is 0 Å². The SMILES string of the molecule is CCNC(=NCCOc1ccc(C(F)(F)F)cn1)NC1CCN(C2CCCC2)CC1.I. The van der Waals surface area contributed by atoms with Crippen molar-refractivity contribution < 1.29 is 17.9 Å². The third-order valence-corrected chi connectivity index (χ3v) is 5.73. The van der Waals surface area contributed by atoms with E-state index in [9.17, 15) is 13.2 Å². The lowest BCUT2D eigenvalue weighted by molar-refractivity contribution is -0.137. The number of nitrogens with zero attached hydrogens (tertiary/aromatic N) is 3. The van der Waals surface area contributed by atoms with Gasteiger partial charge >= 0.3 is 6.18 Å². The summed E-state index contributed by atoms with van der Waals surface area (Å²) in [5.74, 6) is 0.913. The number of pyridine rings is 1. The van der Waals surface area contributed by atoms with Crippen molar-refractivity contribution in [3.05, 3.63) is 23.9 Å². The molecule has 0 amide bonds. The molecule has 10 heteroatoms. The molecule has 1 saturated carbocycles. The molecule has 0 radical (unpaired) electrons. The number of hydrogen-bond acceptors (Lipinski definition) is 4. The van der Waals surface area contributed by atoms with E-state index in [1.807, 2.05) is 6.92 Å². The largest absolute Gasteiger partial charge is 0.476 e. The van der Waals surface area contributed by atoms with Crippen molar-refractivity contribution in [1.82, 2.24) is 20.5 Å². The van der Waals surface area contributed by atoms with Gasteiger partial charge < -0.3 is 20.3 Å². The molecule has 1 aliphatic heterocycles. The molecule has 2 aliphatic rings. The lowest BCUT2D eigenvalue weighted by Gasteiger charge is -2.36. The summed E-state index contributed by atoms with van der Waals surface area (Å²) in [5.41, 5.74) is -0.787. The monoisotopic (exact) mass is 555 g/mol. The molecule has 2 heterocycles. The summed E-state index contributed by atoms with van der Waals surface area (Å²) in [6.45, 7) is 5.67. The fourth-order valence-electron chi connectivity index (χ4n) is 4.13. The molecule has 0 unspecified atom stereocenters. The Hall–Kier alpha value is -1.30. The fourth-order valence-corrected chi connectivity index (χ4v) is 4.13. The molecular formula is C21H33F3IN5O. The number of nitrogens with one attached hydrogen (secondary N) is 2. The zero-order valence-electron chi connectivity index (χ0n) is 18.0. The Bertz CT molecular complexity index is 673. The van der Waals surface area contributed by atoms with Crippen molar-refractivity contribution in [3.8, 4) is 5.88 Å². The predicted molar refractivity (Wildman–Crippen MR) is 126 cm³/mol. The van der Waals surface area contributed by atoms with Crippen LogP contribution >= 0.6 is 24.0 Å². The van der Waals surface area contributed by atoms with Crippen molar-refractivity contribution >= 4 is 29.9 Å². The first-order valence-corrected chi connectivity index (χ1v) is 10.9. The number of halogens is 4. The highest BCUT2D eigenvalue weighted by Crippen LogP contribution is 2.29. The highest BCUT2D eigenvalue weighted by atomic mass is 127. The van der Waals surface area contributed by atoms with Crippen LogP contribution in [0.15, 0.2) is 23.3 Å². The van der Waals surface area contributed by atoms with Crippen LogP contribution in [0.1, 0.15) is 51.0 Å². The molecule has 3 rings (SSSR count). The summed E-state index contributed by atoms with van der Waals surface area (Å²) in [7, 11) is 0. The number of aromatic nitrogens is 1. The van der Waals surface area contributed by atoms with E-state index >= 15 is 0 Å². The van der Waals surface area contributed by atoms with Gasteiger partial charge in [0, 0.05) is 44.0 Å². The number of piperidine rings is 1. The van der Waals surface area contributed by atoms with Gasteiger partial charge in [0.1, 0.15) is 6.61 Å². The van der Waals surface area contributed by atoms with Gasteiger partial charge in [-0.25, -0.2) is 9.98 Å². The Labute approximate surface area is 199 Å². The summed E-state index contributed by atoms with van der Waals surface area (Å²) in [4.78, 5) is 10.9. The molecule has 31 heavy (non-hydrogen) atoms. The second-order valence-corrected chi connectivity index (χ2v) is 7.88. The predicted octanol–water partition coefficient (Wildman–Crippen LogP) is 4.06. The zero-order valence-corrected chi connectivity index (χ0v) is 20.3. The van der Waals surface area contributed by atoms with Crippen LogP contribution in [0.25, 0.3) is 0 Å². The summed E-state index contributed by atoms with van der Waals surface area (Å²) >= 11 is 0. The first kappa shape index (κ1) is 26.0. The topological polar surface area (TPSA) is 61.8 Å². The molecule has 1 aromatic heterocycles. The fraction of sp³-hybridized carbons (Fsp3) is 0.714. The van der Waals surface area contributed by atoms with Gasteiger partial charge in [0.2, 0.25) is 5.88 Å². The van der Waals surface area contributed by atoms with Gasteiger partial charge in [-0.2, -0.15) is 13.2 Å². The molecule has 0 spiro atoms. The number of likely N-dealkylation sites (tertiary alicyclic amines) is 1. The molecule has 2 N–H and O–H groups in total. The lowest BCUT2D eigenvalue weighted by Crippen LogP contribution is -2.50. The molecule has 2 fully saturated rings. The molecule has 0 aromatic carbocycles. The molecular weight excluding hydrogens is 522 g/mol. The Morgan fingerprint density at radius 3 is 2.48 bits per heavy atom. The molecule has 1 aromatic rings. The summed E-state index contributed by atoms with van der Waals surface area (Å²) < 4.78 is 43.1. The summed E-state index contributed by atoms with van der Waals surface area (Å²) in [6, 6.07) is 3.38. The number of ether oxygens (including phenoxy) is 1. The summed E-state index contributed by atoms with van der Waals surface area (Å²) in [6.07, 6.45) is 4.01. The van der Waals surface area contributed by atoms with E-state index in [0.29, 0.717) is 12.6 Å². The van der Waals surface area contributed by atoms with Crippen LogP contribution in [0.4, 0.5) is 13.2 Å². The Balaban J connectivity index is 0.00000341. The van der Waals surface area contributed by atoms with Gasteiger partial charge in [0.05, 0.1) is 12.1 Å². The standard InChI is InChI=1S/C21H32F3N5O.HI/c1-2-25-20(28-17-9-12-29(13-10-17)18-5-3-4-6-18)26-11-14-30-19-8-7-16(15-27-19)21(22,23)24;/h7-8,15,17-18H,2-6,9-14H2,1H3,(H2,25,26,28);1H. The van der Waals surface area contributed by atoms with Crippen LogP contribution < -0.4 is 15.4 Å². The van der Waals surface area contributed by atoms with Crippen molar-refractivity contribution in [2.75, 3.05) is 32.8 Å². The third-order valence-electron chi connectivity index (χ3n) is 5.73. The molecule has 6 nitrogen and oxygen atoms in total. The van der Waals surface area contributed by atoms with Crippen LogP contribution in [-0.2, 0) is 6.18 Å². The van der Waals surface area contributed by atoms with Gasteiger partial charge in [-0.15, -0.1) is 24.0 Å². The van der Waals surface area contributed by atoms with Gasteiger partial charge in [0.15, 0.2) is 5.96 Å². The number of rotatable bonds is 7. The number of alkyl halides is 3. The maximum atomic E-state index is 12.6. The minimum absolute atomic E-state index is 0. The van der Waals surface area contributed by atoms with Crippen molar-refractivity contribution in [2.24, 2.45) is 4.99 Å². The third kappa shape index (κ3) is 8.28. The molecule has 0 bridgehead atoms. The minimum atomic E-state index is -4.39. The van der Waals surface area contributed by atoms with Crippen LogP contribution in [0.5, 0.6) is 5.88 Å². The number of aliphatic imine (C=N–C) groups is 1. The van der Waals surface area contributed by atoms with E-state index in [-0.39, 0.29) is 36.5 Å². The maximum absolute atomic E-state index is 12.6. The Morgan fingerprint density at radius 2 is 1.90 bits per heavy atom. The molecule has 176 valence electrons. The Kier molecular flexibility index (Phi) is 10.6. The van der Waals surface area contributed by atoms with Crippen LogP contribution in [0.2, 0.25) is 0 Å². The smallest absolute Gasteiger partial charge is 0.417 e. The second-order valence-electron chi connectivity index (χ2n) is 7.88. The number of hydrogen-bond donors (Lipinski definition) is 2. The van der Waals surface area contributed by atoms with Gasteiger partial charge in [-0.3, -0.25) is 0 Å². The molecule has 1 aliphatic carbocycles. The Morgan fingerprint density at radius 1 is 1.19 bits per heavy atom. The van der Waals surface area contributed by atoms with E-state index in [2.05, 4.69) is 25.5 Å². The van der Waals surface area contributed by atoms with Crippen LogP contribution in [-0.4, -0.2) is 60.7 Å². The molecule has 1 saturated heterocycles. The number of guanidine groups is 1. The van der Waals surface area contributed by atoms with E-state index in [1.165, 1.54) is 31.7 Å². The lowest BCUT2D eigenvalue weighted by atomic mass is 10.0. The van der Waals surface area contributed by atoms with Crippen molar-refractivity contribution in [2.45, 2.75) is 63.7 Å². The van der Waals surface area contributed by atoms with Gasteiger partial charge in [-0.05, 0) is 38.7 Å². The average Bonchev–Trinajstić information content (AvgIpc) is 3.26. The van der Waals surface area contributed by atoms with E-state index in [4.69, 9.17) is 4.74 Å². The van der Waals surface area contributed by atoms with Gasteiger partial charge in [0.25, 0.3) is 0 Å². The summed E-state index contributed by atoms with van der Waals surface area (Å²) in [5, 5.41) is 6.75. The second kappa shape index (κ2) is 12.7. The average molecular weight is 555 g/mol. The van der Waals surface area contributed by atoms with E-state index < -0.39 is 11.7 Å². The van der Waals surface area contributed by atoms with Crippen molar-refractivity contribution in [1.29, 1.82) is 0 Å². The highest BCUT2D eigenvalue weighted by Gasteiger charge is 2.30. The quantitative estimate of drug-likeness (QED) is 0.230. The maximum Gasteiger partial charge on any atom is 0.417 e. The van der Waals surface area contributed by atoms with E-state index in [1.54, 1.807) is 0 Å². The zero-order chi connectivity index (χ0) is 21.4. The van der Waals surface area contributed by atoms with Crippen LogP contribution in [0.3, 0.4) is 0 Å². The minimum Gasteiger partial charge on any atom is -0.476 e. The first-order chi connectivity index (χ1) is 14.5. The van der Waals surface area contributed by atoms with Crippen molar-refractivity contribution in [3.63, 3.8) is 0 Å². The first-order valence-electron chi connectivity index (χ1n) is 10.9.